The van der Waals surface area contributed by atoms with Gasteiger partial charge in [0.25, 0.3) is 0 Å². The van der Waals surface area contributed by atoms with Crippen LogP contribution >= 0.6 is 0 Å². The second-order valence-electron chi connectivity index (χ2n) is 5.66. The first-order chi connectivity index (χ1) is 9.81. The zero-order valence-corrected chi connectivity index (χ0v) is 13.0. The number of carboxylic acids is 1. The number of carbonyl (C=O) groups excluding carboxylic acids is 2. The summed E-state index contributed by atoms with van der Waals surface area (Å²) in [5.41, 5.74) is 0. The third-order valence-corrected chi connectivity index (χ3v) is 4.16. The summed E-state index contributed by atoms with van der Waals surface area (Å²) >= 11 is 0. The van der Waals surface area contributed by atoms with Gasteiger partial charge in [0, 0.05) is 13.1 Å². The van der Waals surface area contributed by atoms with Crippen LogP contribution in [0.2, 0.25) is 0 Å². The zero-order valence-electron chi connectivity index (χ0n) is 13.0. The fourth-order valence-electron chi connectivity index (χ4n) is 2.50. The van der Waals surface area contributed by atoms with E-state index in [0.717, 1.165) is 0 Å². The third kappa shape index (κ3) is 4.09. The van der Waals surface area contributed by atoms with Gasteiger partial charge < -0.3 is 20.1 Å². The van der Waals surface area contributed by atoms with Crippen LogP contribution in [-0.4, -0.2) is 54.2 Å². The molecule has 0 saturated carbocycles. The maximum absolute atomic E-state index is 12.2. The van der Waals surface area contributed by atoms with E-state index < -0.39 is 18.0 Å². The Morgan fingerprint density at radius 3 is 2.48 bits per heavy atom. The highest BCUT2D eigenvalue weighted by atomic mass is 16.5. The lowest BCUT2D eigenvalue weighted by Crippen LogP contribution is -2.50. The number of rotatable bonds is 5. The normalized spacial score (nSPS) is 24.3. The molecule has 1 heterocycles. The van der Waals surface area contributed by atoms with Gasteiger partial charge in [0.15, 0.2) is 0 Å². The molecule has 1 aliphatic heterocycles. The molecule has 2 amide bonds. The minimum Gasteiger partial charge on any atom is -0.480 e. The number of carboxylic acid groups (broad SMARTS) is 1. The molecule has 21 heavy (non-hydrogen) atoms. The van der Waals surface area contributed by atoms with E-state index >= 15 is 0 Å². The molecule has 0 radical (unpaired) electrons. The summed E-state index contributed by atoms with van der Waals surface area (Å²) in [5.74, 6) is -1.91. The Bertz CT molecular complexity index is 412. The first-order valence-electron chi connectivity index (χ1n) is 7.17. The SMILES string of the molecule is CCC(C)[C@H](NC(=O)N1CC(C)C(C(=O)OC)C1)C(=O)O. The molecule has 1 aliphatic rings. The first-order valence-corrected chi connectivity index (χ1v) is 7.17. The summed E-state index contributed by atoms with van der Waals surface area (Å²) < 4.78 is 4.72. The van der Waals surface area contributed by atoms with Crippen molar-refractivity contribution in [2.24, 2.45) is 17.8 Å². The number of aliphatic carboxylic acids is 1. The number of nitrogens with zero attached hydrogens (tertiary/aromatic N) is 1. The first kappa shape index (κ1) is 17.3. The summed E-state index contributed by atoms with van der Waals surface area (Å²) in [6.07, 6.45) is 0.651. The van der Waals surface area contributed by atoms with Crippen LogP contribution < -0.4 is 5.32 Å². The minimum absolute atomic E-state index is 0.00456. The monoisotopic (exact) mass is 300 g/mol. The predicted octanol–water partition coefficient (Wildman–Crippen LogP) is 0.936. The second kappa shape index (κ2) is 7.28. The average Bonchev–Trinajstić information content (AvgIpc) is 2.84. The summed E-state index contributed by atoms with van der Waals surface area (Å²) in [7, 11) is 1.32. The van der Waals surface area contributed by atoms with Crippen molar-refractivity contribution in [2.75, 3.05) is 20.2 Å². The number of nitrogens with one attached hydrogen (secondary N) is 1. The lowest BCUT2D eigenvalue weighted by molar-refractivity contribution is -0.146. The van der Waals surface area contributed by atoms with Crippen molar-refractivity contribution in [3.63, 3.8) is 0 Å². The molecule has 0 aromatic carbocycles. The number of likely N-dealkylation sites (tertiary alicyclic amines) is 1. The standard InChI is InChI=1S/C14H24N2O5/c1-5-8(2)11(12(17)18)15-14(20)16-6-9(3)10(7-16)13(19)21-4/h8-11H,5-7H2,1-4H3,(H,15,20)(H,17,18)/t8?,9?,10?,11-/m0/s1. The highest BCUT2D eigenvalue weighted by Gasteiger charge is 2.38. The van der Waals surface area contributed by atoms with Crippen molar-refractivity contribution in [2.45, 2.75) is 33.2 Å². The molecule has 0 aromatic heterocycles. The van der Waals surface area contributed by atoms with Crippen molar-refractivity contribution in [1.82, 2.24) is 10.2 Å². The number of urea groups is 1. The van der Waals surface area contributed by atoms with Gasteiger partial charge in [-0.15, -0.1) is 0 Å². The quantitative estimate of drug-likeness (QED) is 0.737. The van der Waals surface area contributed by atoms with Crippen molar-refractivity contribution < 1.29 is 24.2 Å². The van der Waals surface area contributed by atoms with Crippen molar-refractivity contribution in [1.29, 1.82) is 0 Å². The smallest absolute Gasteiger partial charge is 0.326 e. The minimum atomic E-state index is -1.05. The number of ether oxygens (including phenoxy) is 1. The average molecular weight is 300 g/mol. The highest BCUT2D eigenvalue weighted by molar-refractivity contribution is 5.83. The van der Waals surface area contributed by atoms with E-state index in [1.165, 1.54) is 12.0 Å². The van der Waals surface area contributed by atoms with Gasteiger partial charge in [-0.25, -0.2) is 9.59 Å². The molecule has 1 fully saturated rings. The van der Waals surface area contributed by atoms with Crippen LogP contribution in [-0.2, 0) is 14.3 Å². The summed E-state index contributed by atoms with van der Waals surface area (Å²) in [6, 6.07) is -1.36. The second-order valence-corrected chi connectivity index (χ2v) is 5.66. The van der Waals surface area contributed by atoms with Gasteiger partial charge in [0.1, 0.15) is 6.04 Å². The van der Waals surface area contributed by atoms with Crippen LogP contribution in [0.1, 0.15) is 27.2 Å². The van der Waals surface area contributed by atoms with Gasteiger partial charge in [0.2, 0.25) is 0 Å². The number of hydrogen-bond donors (Lipinski definition) is 2. The van der Waals surface area contributed by atoms with Crippen molar-refractivity contribution >= 4 is 18.0 Å². The maximum Gasteiger partial charge on any atom is 0.326 e. The summed E-state index contributed by atoms with van der Waals surface area (Å²) in [4.78, 5) is 36.5. The number of methoxy groups -OCH3 is 1. The van der Waals surface area contributed by atoms with Gasteiger partial charge in [-0.1, -0.05) is 27.2 Å². The highest BCUT2D eigenvalue weighted by Crippen LogP contribution is 2.24. The van der Waals surface area contributed by atoms with Crippen LogP contribution in [0.15, 0.2) is 0 Å². The van der Waals surface area contributed by atoms with E-state index in [2.05, 4.69) is 5.32 Å². The third-order valence-electron chi connectivity index (χ3n) is 4.16. The summed E-state index contributed by atoms with van der Waals surface area (Å²) in [5, 5.41) is 11.7. The topological polar surface area (TPSA) is 95.9 Å². The number of amides is 2. The molecule has 3 unspecified atom stereocenters. The lowest BCUT2D eigenvalue weighted by Gasteiger charge is -2.24. The molecule has 0 aromatic rings. The van der Waals surface area contributed by atoms with Crippen LogP contribution in [0.25, 0.3) is 0 Å². The van der Waals surface area contributed by atoms with Gasteiger partial charge in [0.05, 0.1) is 13.0 Å². The van der Waals surface area contributed by atoms with Crippen LogP contribution in [0, 0.1) is 17.8 Å². The van der Waals surface area contributed by atoms with Gasteiger partial charge >= 0.3 is 18.0 Å². The van der Waals surface area contributed by atoms with Gasteiger partial charge in [-0.3, -0.25) is 4.79 Å². The molecule has 7 heteroatoms. The predicted molar refractivity (Wildman–Crippen MR) is 75.7 cm³/mol. The van der Waals surface area contributed by atoms with Crippen LogP contribution in [0.3, 0.4) is 0 Å². The molecule has 4 atom stereocenters. The largest absolute Gasteiger partial charge is 0.480 e. The Hall–Kier alpha value is -1.79. The number of esters is 1. The Kier molecular flexibility index (Phi) is 5.99. The fraction of sp³-hybridized carbons (Fsp3) is 0.786. The fourth-order valence-corrected chi connectivity index (χ4v) is 2.50. The van der Waals surface area contributed by atoms with E-state index in [0.29, 0.717) is 13.0 Å². The van der Waals surface area contributed by atoms with Crippen LogP contribution in [0.4, 0.5) is 4.79 Å². The van der Waals surface area contributed by atoms with E-state index in [9.17, 15) is 19.5 Å². The Morgan fingerprint density at radius 2 is 2.00 bits per heavy atom. The molecule has 7 nitrogen and oxygen atoms in total. The van der Waals surface area contributed by atoms with Gasteiger partial charge in [-0.2, -0.15) is 0 Å². The van der Waals surface area contributed by atoms with Crippen molar-refractivity contribution in [3.8, 4) is 0 Å². The molecule has 2 N–H and O–H groups in total. The molecule has 120 valence electrons. The van der Waals surface area contributed by atoms with E-state index in [1.807, 2.05) is 13.8 Å². The molecular formula is C14H24N2O5. The molecule has 1 saturated heterocycles. The number of carbonyl (C=O) groups is 3. The maximum atomic E-state index is 12.2. The molecule has 0 spiro atoms. The Labute approximate surface area is 124 Å². The summed E-state index contributed by atoms with van der Waals surface area (Å²) in [6.45, 7) is 6.20. The molecular weight excluding hydrogens is 276 g/mol. The lowest BCUT2D eigenvalue weighted by atomic mass is 9.99. The Balaban J connectivity index is 2.68. The molecule has 0 aliphatic carbocycles. The molecule has 1 rings (SSSR count). The number of hydrogen-bond acceptors (Lipinski definition) is 4. The van der Waals surface area contributed by atoms with E-state index in [1.54, 1.807) is 6.92 Å². The molecule has 0 bridgehead atoms. The van der Waals surface area contributed by atoms with E-state index in [4.69, 9.17) is 4.74 Å². The van der Waals surface area contributed by atoms with Gasteiger partial charge in [-0.05, 0) is 11.8 Å². The Morgan fingerprint density at radius 1 is 1.38 bits per heavy atom. The van der Waals surface area contributed by atoms with Crippen LogP contribution in [0.5, 0.6) is 0 Å². The van der Waals surface area contributed by atoms with Crippen molar-refractivity contribution in [3.05, 3.63) is 0 Å². The van der Waals surface area contributed by atoms with E-state index in [-0.39, 0.29) is 30.3 Å². The zero-order chi connectivity index (χ0) is 16.2.